The van der Waals surface area contributed by atoms with Gasteiger partial charge in [0.15, 0.2) is 0 Å². The summed E-state index contributed by atoms with van der Waals surface area (Å²) in [6.07, 6.45) is 12.8. The minimum atomic E-state index is -0.687. The molecule has 2 aliphatic rings. The molecule has 0 radical (unpaired) electrons. The van der Waals surface area contributed by atoms with Crippen molar-refractivity contribution in [2.75, 3.05) is 18.4 Å². The molecule has 1 aromatic carbocycles. The highest BCUT2D eigenvalue weighted by molar-refractivity contribution is 6.04. The van der Waals surface area contributed by atoms with E-state index in [0.717, 1.165) is 42.5 Å². The molecule has 1 atom stereocenters. The van der Waals surface area contributed by atoms with Gasteiger partial charge in [0.05, 0.1) is 35.2 Å². The SMILES string of the molecule is CC1C=CC(Cn2cc(C(=O)Nc3c[nH]c(=O)c(-c4cc5cc(CN6CCC(F)CC6)ccc5[nH]4)c3)cn2)=CC1. The molecule has 1 saturated heterocycles. The first-order valence-electron chi connectivity index (χ1n) is 13.8. The molecule has 0 bridgehead atoms. The van der Waals surface area contributed by atoms with Crippen LogP contribution in [0, 0.1) is 5.92 Å². The van der Waals surface area contributed by atoms with Crippen molar-refractivity contribution in [1.82, 2.24) is 24.6 Å². The van der Waals surface area contributed by atoms with Crippen molar-refractivity contribution in [3.63, 3.8) is 0 Å². The summed E-state index contributed by atoms with van der Waals surface area (Å²) in [4.78, 5) is 34.0. The van der Waals surface area contributed by atoms with Crippen LogP contribution in [0.5, 0.6) is 0 Å². The Hall–Kier alpha value is -4.24. The lowest BCUT2D eigenvalue weighted by molar-refractivity contribution is 0.102. The highest BCUT2D eigenvalue weighted by atomic mass is 19.1. The van der Waals surface area contributed by atoms with Crippen LogP contribution in [-0.4, -0.2) is 49.8 Å². The molecular weight excluding hydrogens is 507 g/mol. The third-order valence-electron chi connectivity index (χ3n) is 7.69. The van der Waals surface area contributed by atoms with Gasteiger partial charge < -0.3 is 15.3 Å². The van der Waals surface area contributed by atoms with Crippen LogP contribution in [0.15, 0.2) is 77.5 Å². The number of carbonyl (C=O) groups excluding carboxylic acids is 1. The Morgan fingerprint density at radius 1 is 1.18 bits per heavy atom. The molecule has 3 N–H and O–H groups in total. The van der Waals surface area contributed by atoms with Gasteiger partial charge in [0.25, 0.3) is 11.5 Å². The summed E-state index contributed by atoms with van der Waals surface area (Å²) in [5, 5.41) is 8.21. The van der Waals surface area contributed by atoms with E-state index in [9.17, 15) is 14.0 Å². The first kappa shape index (κ1) is 26.0. The molecule has 8 nitrogen and oxygen atoms in total. The van der Waals surface area contributed by atoms with Gasteiger partial charge in [0.1, 0.15) is 6.17 Å². The van der Waals surface area contributed by atoms with Crippen LogP contribution in [-0.2, 0) is 13.1 Å². The zero-order chi connectivity index (χ0) is 27.6. The van der Waals surface area contributed by atoms with Crippen molar-refractivity contribution in [2.24, 2.45) is 5.92 Å². The second kappa shape index (κ2) is 11.1. The van der Waals surface area contributed by atoms with Gasteiger partial charge in [0.2, 0.25) is 0 Å². The maximum absolute atomic E-state index is 13.5. The van der Waals surface area contributed by atoms with Gasteiger partial charge in [0, 0.05) is 42.9 Å². The van der Waals surface area contributed by atoms with E-state index >= 15 is 0 Å². The Labute approximate surface area is 231 Å². The number of carbonyl (C=O) groups is 1. The summed E-state index contributed by atoms with van der Waals surface area (Å²) in [6, 6.07) is 9.79. The van der Waals surface area contributed by atoms with Crippen molar-refractivity contribution < 1.29 is 9.18 Å². The van der Waals surface area contributed by atoms with Gasteiger partial charge >= 0.3 is 0 Å². The van der Waals surface area contributed by atoms with Crippen LogP contribution >= 0.6 is 0 Å². The highest BCUT2D eigenvalue weighted by Gasteiger charge is 2.19. The summed E-state index contributed by atoms with van der Waals surface area (Å²) < 4.78 is 15.2. The molecule has 3 aromatic heterocycles. The number of fused-ring (bicyclic) bond motifs is 1. The minimum Gasteiger partial charge on any atom is -0.354 e. The van der Waals surface area contributed by atoms with E-state index in [2.05, 4.69) is 62.6 Å². The number of aromatic nitrogens is 4. The Balaban J connectivity index is 1.15. The van der Waals surface area contributed by atoms with Gasteiger partial charge in [-0.25, -0.2) is 4.39 Å². The average molecular weight is 541 g/mol. The molecule has 0 spiro atoms. The number of allylic oxidation sites excluding steroid dienone is 4. The number of nitrogens with one attached hydrogen (secondary N) is 3. The van der Waals surface area contributed by atoms with Crippen LogP contribution in [0.3, 0.4) is 0 Å². The van der Waals surface area contributed by atoms with Gasteiger partial charge in [-0.1, -0.05) is 31.2 Å². The molecule has 1 fully saturated rings. The van der Waals surface area contributed by atoms with E-state index in [1.165, 1.54) is 11.8 Å². The third-order valence-corrected chi connectivity index (χ3v) is 7.69. The van der Waals surface area contributed by atoms with E-state index in [0.29, 0.717) is 47.8 Å². The number of pyridine rings is 1. The van der Waals surface area contributed by atoms with E-state index < -0.39 is 6.17 Å². The highest BCUT2D eigenvalue weighted by Crippen LogP contribution is 2.26. The summed E-state index contributed by atoms with van der Waals surface area (Å²) in [6.45, 7) is 5.09. The number of anilines is 1. The number of amides is 1. The fourth-order valence-corrected chi connectivity index (χ4v) is 5.35. The number of nitrogens with zero attached hydrogens (tertiary/aromatic N) is 3. The summed E-state index contributed by atoms with van der Waals surface area (Å²) in [7, 11) is 0. The Kier molecular flexibility index (Phi) is 7.21. The molecule has 1 unspecified atom stereocenters. The predicted octanol–water partition coefficient (Wildman–Crippen LogP) is 5.43. The number of piperidine rings is 1. The molecule has 40 heavy (non-hydrogen) atoms. The molecule has 6 rings (SSSR count). The summed E-state index contributed by atoms with van der Waals surface area (Å²) >= 11 is 0. The van der Waals surface area contributed by atoms with Crippen molar-refractivity contribution in [2.45, 2.75) is 45.4 Å². The van der Waals surface area contributed by atoms with Crippen LogP contribution in [0.2, 0.25) is 0 Å². The van der Waals surface area contributed by atoms with E-state index in [1.54, 1.807) is 23.1 Å². The number of hydrogen-bond donors (Lipinski definition) is 3. The lowest BCUT2D eigenvalue weighted by atomic mass is 9.99. The number of likely N-dealkylation sites (tertiary alicyclic amines) is 1. The lowest BCUT2D eigenvalue weighted by Gasteiger charge is -2.28. The van der Waals surface area contributed by atoms with E-state index in [4.69, 9.17) is 0 Å². The molecule has 0 saturated carbocycles. The zero-order valence-corrected chi connectivity index (χ0v) is 22.5. The second-order valence-electron chi connectivity index (χ2n) is 10.9. The minimum absolute atomic E-state index is 0.255. The number of rotatable bonds is 7. The zero-order valence-electron chi connectivity index (χ0n) is 22.5. The van der Waals surface area contributed by atoms with Gasteiger partial charge in [-0.15, -0.1) is 0 Å². The number of benzene rings is 1. The number of H-pyrrole nitrogens is 2. The number of alkyl halides is 1. The normalized spacial score (nSPS) is 18.2. The van der Waals surface area contributed by atoms with Crippen LogP contribution in [0.25, 0.3) is 22.2 Å². The van der Waals surface area contributed by atoms with Crippen molar-refractivity contribution in [3.05, 3.63) is 94.2 Å². The summed E-state index contributed by atoms with van der Waals surface area (Å²) in [5.41, 5.74) is 5.00. The number of hydrogen-bond acceptors (Lipinski definition) is 4. The fourth-order valence-electron chi connectivity index (χ4n) is 5.35. The van der Waals surface area contributed by atoms with Crippen molar-refractivity contribution in [3.8, 4) is 11.3 Å². The monoisotopic (exact) mass is 540 g/mol. The maximum atomic E-state index is 13.5. The predicted molar refractivity (Wildman–Crippen MR) is 155 cm³/mol. The Morgan fingerprint density at radius 2 is 2.02 bits per heavy atom. The van der Waals surface area contributed by atoms with Gasteiger partial charge in [-0.2, -0.15) is 5.10 Å². The molecule has 206 valence electrons. The standard InChI is InChI=1S/C31H33FN6O2/c1-20-2-4-21(5-3-20)18-38-19-24(15-34-38)30(39)35-26-14-27(31(40)33-16-26)29-13-23-12-22(6-7-28(23)36-29)17-37-10-8-25(32)9-11-37/h2,4-7,12-16,19-20,25,36H,3,8-11,17-18H2,1H3,(H,33,40)(H,35,39). The van der Waals surface area contributed by atoms with Crippen LogP contribution < -0.4 is 10.9 Å². The van der Waals surface area contributed by atoms with Gasteiger partial charge in [-0.3, -0.25) is 19.2 Å². The van der Waals surface area contributed by atoms with Crippen LogP contribution in [0.4, 0.5) is 10.1 Å². The fraction of sp³-hybridized carbons (Fsp3) is 0.323. The molecule has 1 aliphatic carbocycles. The topological polar surface area (TPSA) is 98.8 Å². The third kappa shape index (κ3) is 5.84. The van der Waals surface area contributed by atoms with Gasteiger partial charge in [-0.05, 0) is 60.6 Å². The number of halogens is 1. The largest absolute Gasteiger partial charge is 0.354 e. The first-order valence-corrected chi connectivity index (χ1v) is 13.8. The maximum Gasteiger partial charge on any atom is 0.258 e. The lowest BCUT2D eigenvalue weighted by Crippen LogP contribution is -2.33. The molecule has 1 aliphatic heterocycles. The molecule has 4 heterocycles. The van der Waals surface area contributed by atoms with Crippen molar-refractivity contribution >= 4 is 22.5 Å². The average Bonchev–Trinajstić information content (AvgIpc) is 3.59. The molecule has 9 heteroatoms. The molecule has 1 amide bonds. The second-order valence-corrected chi connectivity index (χ2v) is 10.9. The first-order chi connectivity index (χ1) is 19.4. The number of aromatic amines is 2. The van der Waals surface area contributed by atoms with Crippen molar-refractivity contribution in [1.29, 1.82) is 0 Å². The van der Waals surface area contributed by atoms with E-state index in [-0.39, 0.29) is 11.5 Å². The van der Waals surface area contributed by atoms with E-state index in [1.807, 2.05) is 12.1 Å². The Morgan fingerprint density at radius 3 is 2.83 bits per heavy atom. The molecule has 4 aromatic rings. The van der Waals surface area contributed by atoms with Crippen LogP contribution in [0.1, 0.15) is 42.1 Å². The smallest absolute Gasteiger partial charge is 0.258 e. The summed E-state index contributed by atoms with van der Waals surface area (Å²) in [5.74, 6) is 0.244. The molecular formula is C31H33FN6O2. The quantitative estimate of drug-likeness (QED) is 0.291. The Bertz CT molecular complexity index is 1650.